The summed E-state index contributed by atoms with van der Waals surface area (Å²) >= 11 is 0. The minimum atomic E-state index is -4.87. The Bertz CT molecular complexity index is 783. The highest BCUT2D eigenvalue weighted by Gasteiger charge is 2.38. The maximum absolute atomic E-state index is 12.9. The molecule has 1 aromatic carbocycles. The number of nitrogens with zero attached hydrogens (tertiary/aromatic N) is 2. The second-order valence-electron chi connectivity index (χ2n) is 5.00. The quantitative estimate of drug-likeness (QED) is 0.896. The number of halogens is 3. The van der Waals surface area contributed by atoms with Crippen molar-refractivity contribution in [1.29, 1.82) is 5.26 Å². The third-order valence-corrected chi connectivity index (χ3v) is 5.42. The molecular weight excluding hydrogens is 337 g/mol. The first kappa shape index (κ1) is 17.2. The van der Waals surface area contributed by atoms with Crippen LogP contribution in [0.2, 0.25) is 0 Å². The van der Waals surface area contributed by atoms with Crippen LogP contribution in [0.25, 0.3) is 0 Å². The fraction of sp³-hybridized carbons (Fsp3) is 0.385. The number of carbonyl (C=O) groups is 1. The molecule has 1 N–H and O–H groups in total. The van der Waals surface area contributed by atoms with E-state index in [2.05, 4.69) is 0 Å². The standard InChI is InChI=1S/C13H11F3N2O4S/c14-13(15,16)11-5-10(2-1-8(11)6-17)23(21,22)18-4-3-9(7-18)12(19)20/h1-2,5,9H,3-4,7H2,(H,19,20). The molecule has 0 saturated carbocycles. The molecule has 0 aliphatic carbocycles. The number of carboxylic acid groups (broad SMARTS) is 1. The van der Waals surface area contributed by atoms with Crippen LogP contribution in [0, 0.1) is 17.2 Å². The fourth-order valence-corrected chi connectivity index (χ4v) is 3.84. The Morgan fingerprint density at radius 1 is 1.39 bits per heavy atom. The van der Waals surface area contributed by atoms with Gasteiger partial charge in [0.15, 0.2) is 0 Å². The molecule has 23 heavy (non-hydrogen) atoms. The van der Waals surface area contributed by atoms with Crippen LogP contribution in [0.3, 0.4) is 0 Å². The highest BCUT2D eigenvalue weighted by Crippen LogP contribution is 2.34. The molecule has 0 radical (unpaired) electrons. The van der Waals surface area contributed by atoms with Crippen LogP contribution in [0.5, 0.6) is 0 Å². The zero-order valence-electron chi connectivity index (χ0n) is 11.5. The maximum Gasteiger partial charge on any atom is 0.417 e. The number of aliphatic carboxylic acids is 1. The Hall–Kier alpha value is -2.12. The minimum absolute atomic E-state index is 0.0827. The van der Waals surface area contributed by atoms with Crippen molar-refractivity contribution in [3.8, 4) is 6.07 Å². The van der Waals surface area contributed by atoms with E-state index < -0.39 is 44.1 Å². The number of sulfonamides is 1. The first-order valence-electron chi connectivity index (χ1n) is 6.41. The van der Waals surface area contributed by atoms with E-state index >= 15 is 0 Å². The van der Waals surface area contributed by atoms with Gasteiger partial charge in [-0.2, -0.15) is 22.7 Å². The molecule has 1 saturated heterocycles. The van der Waals surface area contributed by atoms with Gasteiger partial charge in [0.05, 0.1) is 28.0 Å². The lowest BCUT2D eigenvalue weighted by molar-refractivity contribution is -0.141. The number of alkyl halides is 3. The summed E-state index contributed by atoms with van der Waals surface area (Å²) in [6, 6.07) is 3.48. The van der Waals surface area contributed by atoms with Crippen LogP contribution in [0.15, 0.2) is 23.1 Å². The number of rotatable bonds is 3. The summed E-state index contributed by atoms with van der Waals surface area (Å²) in [5.74, 6) is -2.04. The van der Waals surface area contributed by atoms with E-state index in [4.69, 9.17) is 10.4 Å². The van der Waals surface area contributed by atoms with Gasteiger partial charge in [0.25, 0.3) is 0 Å². The molecule has 1 aliphatic rings. The van der Waals surface area contributed by atoms with Gasteiger partial charge in [-0.15, -0.1) is 0 Å². The Kier molecular flexibility index (Phi) is 4.37. The van der Waals surface area contributed by atoms with Crippen LogP contribution in [-0.4, -0.2) is 36.9 Å². The van der Waals surface area contributed by atoms with Crippen molar-refractivity contribution in [2.24, 2.45) is 5.92 Å². The smallest absolute Gasteiger partial charge is 0.417 e. The zero-order valence-corrected chi connectivity index (χ0v) is 12.4. The summed E-state index contributed by atoms with van der Waals surface area (Å²) in [6.45, 7) is -0.375. The molecule has 1 aliphatic heterocycles. The van der Waals surface area contributed by atoms with Crippen molar-refractivity contribution in [3.05, 3.63) is 29.3 Å². The van der Waals surface area contributed by atoms with Crippen molar-refractivity contribution in [1.82, 2.24) is 4.31 Å². The molecule has 0 bridgehead atoms. The fourth-order valence-electron chi connectivity index (χ4n) is 2.31. The summed E-state index contributed by atoms with van der Waals surface area (Å²) in [5.41, 5.74) is -2.02. The second-order valence-corrected chi connectivity index (χ2v) is 6.94. The van der Waals surface area contributed by atoms with Crippen LogP contribution >= 0.6 is 0 Å². The molecule has 0 amide bonds. The van der Waals surface area contributed by atoms with Crippen LogP contribution in [0.4, 0.5) is 13.2 Å². The lowest BCUT2D eigenvalue weighted by Crippen LogP contribution is -2.30. The lowest BCUT2D eigenvalue weighted by atomic mass is 10.1. The predicted octanol–water partition coefficient (Wildman–Crippen LogP) is 1.67. The molecule has 1 unspecified atom stereocenters. The highest BCUT2D eigenvalue weighted by molar-refractivity contribution is 7.89. The van der Waals surface area contributed by atoms with Gasteiger partial charge in [0.2, 0.25) is 10.0 Å². The molecule has 2 rings (SSSR count). The van der Waals surface area contributed by atoms with E-state index in [1.807, 2.05) is 0 Å². The molecule has 1 atom stereocenters. The summed E-state index contributed by atoms with van der Waals surface area (Å²) in [4.78, 5) is 10.3. The maximum atomic E-state index is 12.9. The molecule has 124 valence electrons. The van der Waals surface area contributed by atoms with Gasteiger partial charge in [-0.05, 0) is 24.6 Å². The number of carboxylic acids is 1. The minimum Gasteiger partial charge on any atom is -0.481 e. The van der Waals surface area contributed by atoms with Gasteiger partial charge in [0, 0.05) is 13.1 Å². The lowest BCUT2D eigenvalue weighted by Gasteiger charge is -2.17. The van der Waals surface area contributed by atoms with E-state index in [0.29, 0.717) is 6.07 Å². The van der Waals surface area contributed by atoms with Crippen molar-refractivity contribution in [2.75, 3.05) is 13.1 Å². The van der Waals surface area contributed by atoms with Crippen molar-refractivity contribution in [3.63, 3.8) is 0 Å². The molecule has 1 aromatic rings. The van der Waals surface area contributed by atoms with Crippen LogP contribution in [0.1, 0.15) is 17.5 Å². The Morgan fingerprint density at radius 2 is 2.04 bits per heavy atom. The van der Waals surface area contributed by atoms with E-state index in [9.17, 15) is 26.4 Å². The van der Waals surface area contributed by atoms with E-state index in [-0.39, 0.29) is 19.5 Å². The topological polar surface area (TPSA) is 98.5 Å². The average molecular weight is 348 g/mol. The molecule has 10 heteroatoms. The van der Waals surface area contributed by atoms with E-state index in [1.165, 1.54) is 6.07 Å². The van der Waals surface area contributed by atoms with Gasteiger partial charge in [-0.3, -0.25) is 4.79 Å². The van der Waals surface area contributed by atoms with Crippen molar-refractivity contribution < 1.29 is 31.5 Å². The first-order chi connectivity index (χ1) is 10.6. The molecule has 1 heterocycles. The van der Waals surface area contributed by atoms with Gasteiger partial charge in [-0.1, -0.05) is 0 Å². The highest BCUT2D eigenvalue weighted by atomic mass is 32.2. The summed E-state index contributed by atoms with van der Waals surface area (Å²) < 4.78 is 64.3. The number of nitriles is 1. The summed E-state index contributed by atoms with van der Waals surface area (Å²) in [5, 5.41) is 17.6. The predicted molar refractivity (Wildman–Crippen MR) is 70.7 cm³/mol. The number of benzene rings is 1. The van der Waals surface area contributed by atoms with E-state index in [1.54, 1.807) is 0 Å². The third-order valence-electron chi connectivity index (χ3n) is 3.55. The SMILES string of the molecule is N#Cc1ccc(S(=O)(=O)N2CCC(C(=O)O)C2)cc1C(F)(F)F. The first-order valence-corrected chi connectivity index (χ1v) is 7.85. The van der Waals surface area contributed by atoms with E-state index in [0.717, 1.165) is 16.4 Å². The number of hydrogen-bond donors (Lipinski definition) is 1. The molecule has 1 fully saturated rings. The largest absolute Gasteiger partial charge is 0.481 e. The van der Waals surface area contributed by atoms with Gasteiger partial charge >= 0.3 is 12.1 Å². The molecule has 0 aromatic heterocycles. The second kappa shape index (κ2) is 5.82. The zero-order chi connectivity index (χ0) is 17.4. The average Bonchev–Trinajstić information content (AvgIpc) is 2.96. The number of hydrogen-bond acceptors (Lipinski definition) is 4. The van der Waals surface area contributed by atoms with Gasteiger partial charge in [-0.25, -0.2) is 8.42 Å². The summed E-state index contributed by atoms with van der Waals surface area (Å²) in [6.07, 6.45) is -4.78. The Morgan fingerprint density at radius 3 is 2.52 bits per heavy atom. The van der Waals surface area contributed by atoms with Crippen molar-refractivity contribution >= 4 is 16.0 Å². The monoisotopic (exact) mass is 348 g/mol. The van der Waals surface area contributed by atoms with Crippen LogP contribution in [-0.2, 0) is 21.0 Å². The molecule has 0 spiro atoms. The van der Waals surface area contributed by atoms with Crippen molar-refractivity contribution in [2.45, 2.75) is 17.5 Å². The molecule has 6 nitrogen and oxygen atoms in total. The van der Waals surface area contributed by atoms with Gasteiger partial charge in [0.1, 0.15) is 0 Å². The molecular formula is C13H11F3N2O4S. The Balaban J connectivity index is 2.42. The Labute approximate surface area is 129 Å². The van der Waals surface area contributed by atoms with Crippen LogP contribution < -0.4 is 0 Å². The van der Waals surface area contributed by atoms with Gasteiger partial charge < -0.3 is 5.11 Å². The third kappa shape index (κ3) is 3.30. The normalized spacial score (nSPS) is 19.5. The summed E-state index contributed by atoms with van der Waals surface area (Å²) in [7, 11) is -4.25.